The third kappa shape index (κ3) is 9.23. The first kappa shape index (κ1) is 26.9. The van der Waals surface area contributed by atoms with Crippen LogP contribution in [0.3, 0.4) is 0 Å². The monoisotopic (exact) mass is 470 g/mol. The van der Waals surface area contributed by atoms with Crippen molar-refractivity contribution in [2.45, 2.75) is 57.8 Å². The van der Waals surface area contributed by atoms with E-state index in [2.05, 4.69) is 31.4 Å². The maximum absolute atomic E-state index is 12.4. The lowest BCUT2D eigenvalue weighted by Gasteiger charge is -2.21. The Kier molecular flexibility index (Phi) is 10.1. The van der Waals surface area contributed by atoms with Gasteiger partial charge < -0.3 is 25.2 Å². The zero-order valence-electron chi connectivity index (χ0n) is 20.2. The van der Waals surface area contributed by atoms with Gasteiger partial charge in [-0.2, -0.15) is 0 Å². The Morgan fingerprint density at radius 3 is 2.21 bits per heavy atom. The molecule has 0 aliphatic rings. The second-order valence-electron chi connectivity index (χ2n) is 9.09. The van der Waals surface area contributed by atoms with Gasteiger partial charge in [0.15, 0.2) is 0 Å². The molecule has 8 nitrogen and oxygen atoms in total. The van der Waals surface area contributed by atoms with Gasteiger partial charge in [0.25, 0.3) is 0 Å². The van der Waals surface area contributed by atoms with Crippen LogP contribution in [0.4, 0.5) is 4.79 Å². The standard InChI is InChI=1S/C26H34N2O6/c1-26(2,3)20-12-10-18(11-13-20)14-22(24(31)33-4)28-23(30)15-21(29)16-27-25(32)34-17-19-8-6-5-7-9-19/h5-13,21-22,29H,14-17H2,1-4H3,(H,27,32)(H,28,30)/t21-,22+/m1/s1. The molecule has 0 aliphatic carbocycles. The molecule has 2 rings (SSSR count). The number of ether oxygens (including phenoxy) is 2. The molecule has 0 unspecified atom stereocenters. The number of carbonyl (C=O) groups is 3. The molecule has 0 aliphatic heterocycles. The molecular weight excluding hydrogens is 436 g/mol. The van der Waals surface area contributed by atoms with Crippen LogP contribution in [0.1, 0.15) is 43.9 Å². The molecule has 0 saturated carbocycles. The lowest BCUT2D eigenvalue weighted by Crippen LogP contribution is -2.45. The summed E-state index contributed by atoms with van der Waals surface area (Å²) in [6.45, 7) is 6.27. The van der Waals surface area contributed by atoms with Crippen LogP contribution < -0.4 is 10.6 Å². The molecule has 0 heterocycles. The second kappa shape index (κ2) is 12.7. The van der Waals surface area contributed by atoms with Gasteiger partial charge in [0.1, 0.15) is 12.6 Å². The predicted octanol–water partition coefficient (Wildman–Crippen LogP) is 2.86. The lowest BCUT2D eigenvalue weighted by molar-refractivity contribution is -0.145. The summed E-state index contributed by atoms with van der Waals surface area (Å²) in [5.74, 6) is -1.11. The summed E-state index contributed by atoms with van der Waals surface area (Å²) in [5.41, 5.74) is 2.87. The van der Waals surface area contributed by atoms with E-state index in [9.17, 15) is 19.5 Å². The van der Waals surface area contributed by atoms with Crippen LogP contribution in [0, 0.1) is 0 Å². The molecule has 0 aromatic heterocycles. The van der Waals surface area contributed by atoms with Gasteiger partial charge in [0.05, 0.1) is 19.6 Å². The molecule has 0 spiro atoms. The van der Waals surface area contributed by atoms with E-state index >= 15 is 0 Å². The van der Waals surface area contributed by atoms with Gasteiger partial charge in [0.2, 0.25) is 5.91 Å². The molecule has 2 aromatic carbocycles. The molecule has 0 saturated heterocycles. The average Bonchev–Trinajstić information content (AvgIpc) is 2.80. The van der Waals surface area contributed by atoms with Crippen molar-refractivity contribution in [3.8, 4) is 0 Å². The summed E-state index contributed by atoms with van der Waals surface area (Å²) >= 11 is 0. The van der Waals surface area contributed by atoms with E-state index < -0.39 is 30.1 Å². The Labute approximate surface area is 200 Å². The number of nitrogens with one attached hydrogen (secondary N) is 2. The minimum Gasteiger partial charge on any atom is -0.467 e. The van der Waals surface area contributed by atoms with Crippen molar-refractivity contribution in [2.24, 2.45) is 0 Å². The van der Waals surface area contributed by atoms with Crippen molar-refractivity contribution in [2.75, 3.05) is 13.7 Å². The normalized spacial score (nSPS) is 12.9. The highest BCUT2D eigenvalue weighted by Gasteiger charge is 2.24. The number of aliphatic hydroxyl groups excluding tert-OH is 1. The van der Waals surface area contributed by atoms with Gasteiger partial charge in [-0.25, -0.2) is 9.59 Å². The third-order valence-corrected chi connectivity index (χ3v) is 5.20. The van der Waals surface area contributed by atoms with Crippen LogP contribution >= 0.6 is 0 Å². The molecular formula is C26H34N2O6. The molecule has 2 atom stereocenters. The predicted molar refractivity (Wildman–Crippen MR) is 128 cm³/mol. The van der Waals surface area contributed by atoms with Crippen molar-refractivity contribution in [1.82, 2.24) is 10.6 Å². The largest absolute Gasteiger partial charge is 0.467 e. The quantitative estimate of drug-likeness (QED) is 0.460. The Bertz CT molecular complexity index is 938. The maximum Gasteiger partial charge on any atom is 0.407 e. The zero-order chi connectivity index (χ0) is 25.1. The van der Waals surface area contributed by atoms with E-state index in [0.717, 1.165) is 16.7 Å². The number of rotatable bonds is 10. The van der Waals surface area contributed by atoms with Gasteiger partial charge >= 0.3 is 12.1 Å². The van der Waals surface area contributed by atoms with Crippen LogP contribution in [0.25, 0.3) is 0 Å². The first-order valence-corrected chi connectivity index (χ1v) is 11.2. The number of esters is 1. The van der Waals surface area contributed by atoms with Crippen molar-refractivity contribution in [1.29, 1.82) is 0 Å². The molecule has 2 amide bonds. The Morgan fingerprint density at radius 1 is 0.971 bits per heavy atom. The van der Waals surface area contributed by atoms with Gasteiger partial charge in [0, 0.05) is 13.0 Å². The fraction of sp³-hybridized carbons (Fsp3) is 0.423. The Hall–Kier alpha value is -3.39. The first-order valence-electron chi connectivity index (χ1n) is 11.2. The number of aliphatic hydroxyl groups is 1. The van der Waals surface area contributed by atoms with Crippen LogP contribution in [0.5, 0.6) is 0 Å². The molecule has 184 valence electrons. The lowest BCUT2D eigenvalue weighted by atomic mass is 9.86. The number of benzene rings is 2. The summed E-state index contributed by atoms with van der Waals surface area (Å²) in [6, 6.07) is 16.1. The van der Waals surface area contributed by atoms with Gasteiger partial charge in [-0.1, -0.05) is 75.4 Å². The fourth-order valence-electron chi connectivity index (χ4n) is 3.23. The third-order valence-electron chi connectivity index (χ3n) is 5.20. The van der Waals surface area contributed by atoms with Crippen LogP contribution in [-0.4, -0.2) is 48.9 Å². The maximum atomic E-state index is 12.4. The highest BCUT2D eigenvalue weighted by molar-refractivity contribution is 5.85. The molecule has 0 fully saturated rings. The van der Waals surface area contributed by atoms with E-state index in [1.54, 1.807) is 0 Å². The van der Waals surface area contributed by atoms with Crippen molar-refractivity contribution in [3.63, 3.8) is 0 Å². The SMILES string of the molecule is COC(=O)[C@H](Cc1ccc(C(C)(C)C)cc1)NC(=O)C[C@@H](O)CNC(=O)OCc1ccccc1. The molecule has 8 heteroatoms. The highest BCUT2D eigenvalue weighted by Crippen LogP contribution is 2.22. The number of amides is 2. The molecule has 34 heavy (non-hydrogen) atoms. The summed E-state index contributed by atoms with van der Waals surface area (Å²) < 4.78 is 9.89. The summed E-state index contributed by atoms with van der Waals surface area (Å²) in [6.07, 6.45) is -1.89. The van der Waals surface area contributed by atoms with Crippen LogP contribution in [0.15, 0.2) is 54.6 Å². The van der Waals surface area contributed by atoms with Crippen LogP contribution in [0.2, 0.25) is 0 Å². The van der Waals surface area contributed by atoms with Gasteiger partial charge in [-0.05, 0) is 22.1 Å². The smallest absolute Gasteiger partial charge is 0.407 e. The average molecular weight is 471 g/mol. The summed E-state index contributed by atoms with van der Waals surface area (Å²) in [5, 5.41) is 15.1. The molecule has 0 radical (unpaired) electrons. The summed E-state index contributed by atoms with van der Waals surface area (Å²) in [4.78, 5) is 36.4. The number of hydrogen-bond donors (Lipinski definition) is 3. The van der Waals surface area contributed by atoms with E-state index in [0.29, 0.717) is 0 Å². The second-order valence-corrected chi connectivity index (χ2v) is 9.09. The number of alkyl carbamates (subject to hydrolysis) is 1. The Morgan fingerprint density at radius 2 is 1.62 bits per heavy atom. The van der Waals surface area contributed by atoms with Crippen LogP contribution in [-0.2, 0) is 37.5 Å². The van der Waals surface area contributed by atoms with Crippen molar-refractivity contribution >= 4 is 18.0 Å². The van der Waals surface area contributed by atoms with E-state index in [4.69, 9.17) is 9.47 Å². The first-order chi connectivity index (χ1) is 16.1. The number of carbonyl (C=O) groups excluding carboxylic acids is 3. The minimum atomic E-state index is -1.14. The van der Waals surface area contributed by atoms with E-state index in [1.807, 2.05) is 54.6 Å². The highest BCUT2D eigenvalue weighted by atomic mass is 16.5. The van der Waals surface area contributed by atoms with Gasteiger partial charge in [-0.15, -0.1) is 0 Å². The molecule has 2 aromatic rings. The van der Waals surface area contributed by atoms with Crippen molar-refractivity contribution in [3.05, 3.63) is 71.3 Å². The van der Waals surface area contributed by atoms with E-state index in [1.165, 1.54) is 7.11 Å². The topological polar surface area (TPSA) is 114 Å². The zero-order valence-corrected chi connectivity index (χ0v) is 20.2. The Balaban J connectivity index is 1.81. The number of hydrogen-bond acceptors (Lipinski definition) is 6. The van der Waals surface area contributed by atoms with Gasteiger partial charge in [-0.3, -0.25) is 4.79 Å². The fourth-order valence-corrected chi connectivity index (χ4v) is 3.23. The number of methoxy groups -OCH3 is 1. The van der Waals surface area contributed by atoms with Crippen molar-refractivity contribution < 1.29 is 29.0 Å². The molecule has 0 bridgehead atoms. The minimum absolute atomic E-state index is 0.00659. The molecule has 3 N–H and O–H groups in total. The summed E-state index contributed by atoms with van der Waals surface area (Å²) in [7, 11) is 1.25. The van der Waals surface area contributed by atoms with E-state index in [-0.39, 0.29) is 31.4 Å².